The zero-order valence-corrected chi connectivity index (χ0v) is 16.5. The zero-order chi connectivity index (χ0) is 18.6. The Kier molecular flexibility index (Phi) is 5.79. The fraction of sp³-hybridized carbons (Fsp3) is 0.353. The Morgan fingerprint density at radius 1 is 1.27 bits per heavy atom. The van der Waals surface area contributed by atoms with Crippen LogP contribution in [0.2, 0.25) is 0 Å². The van der Waals surface area contributed by atoms with Gasteiger partial charge in [-0.3, -0.25) is 10.1 Å². The molecule has 6 nitrogen and oxygen atoms in total. The normalized spacial score (nSPS) is 16.3. The number of nitrogens with one attached hydrogen (secondary N) is 1. The van der Waals surface area contributed by atoms with E-state index in [-0.39, 0.29) is 4.90 Å². The standard InChI is InChI=1S/C17H19N3O3S3/c1-2-12-24-16-20-19-15(25-16)18-14(21)17(10-6-7-11-17)26(22,23)13-8-4-3-5-9-13/h2-5,8-9H,1,6-7,10-12H2,(H,18,19,21). The predicted molar refractivity (Wildman–Crippen MR) is 104 cm³/mol. The van der Waals surface area contributed by atoms with E-state index in [9.17, 15) is 13.2 Å². The van der Waals surface area contributed by atoms with Gasteiger partial charge >= 0.3 is 0 Å². The first-order chi connectivity index (χ1) is 12.5. The van der Waals surface area contributed by atoms with Crippen molar-refractivity contribution < 1.29 is 13.2 Å². The lowest BCUT2D eigenvalue weighted by Crippen LogP contribution is -2.47. The number of thioether (sulfide) groups is 1. The van der Waals surface area contributed by atoms with Gasteiger partial charge in [0.15, 0.2) is 18.9 Å². The molecular formula is C17H19N3O3S3. The van der Waals surface area contributed by atoms with E-state index in [0.717, 1.165) is 0 Å². The molecule has 0 aliphatic heterocycles. The maximum atomic E-state index is 13.2. The summed E-state index contributed by atoms with van der Waals surface area (Å²) >= 11 is 2.69. The summed E-state index contributed by atoms with van der Waals surface area (Å²) in [6.45, 7) is 3.65. The Balaban J connectivity index is 1.86. The number of hydrogen-bond acceptors (Lipinski definition) is 7. The molecule has 0 saturated heterocycles. The Hall–Kier alpha value is -1.71. The minimum Gasteiger partial charge on any atom is -0.299 e. The molecule has 1 heterocycles. The Bertz CT molecular complexity index is 888. The predicted octanol–water partition coefficient (Wildman–Crippen LogP) is 3.54. The first-order valence-corrected chi connectivity index (χ1v) is 11.5. The van der Waals surface area contributed by atoms with Crippen LogP contribution in [0.25, 0.3) is 0 Å². The maximum absolute atomic E-state index is 13.2. The highest BCUT2D eigenvalue weighted by molar-refractivity contribution is 8.01. The van der Waals surface area contributed by atoms with Gasteiger partial charge in [0.25, 0.3) is 0 Å². The maximum Gasteiger partial charge on any atom is 0.248 e. The SMILES string of the molecule is C=CCSc1nnc(NC(=O)C2(S(=O)(=O)c3ccccc3)CCCC2)s1. The Labute approximate surface area is 161 Å². The number of hydrogen-bond donors (Lipinski definition) is 1. The van der Waals surface area contributed by atoms with Gasteiger partial charge < -0.3 is 0 Å². The Morgan fingerprint density at radius 3 is 2.62 bits per heavy atom. The highest BCUT2D eigenvalue weighted by Crippen LogP contribution is 2.41. The van der Waals surface area contributed by atoms with Gasteiger partial charge in [-0.15, -0.1) is 16.8 Å². The molecule has 1 aromatic heterocycles. The molecule has 0 unspecified atom stereocenters. The molecule has 1 fully saturated rings. The number of nitrogens with zero attached hydrogens (tertiary/aromatic N) is 2. The third-order valence-corrected chi connectivity index (χ3v) is 8.83. The fourth-order valence-electron chi connectivity index (χ4n) is 3.05. The number of amides is 1. The highest BCUT2D eigenvalue weighted by atomic mass is 32.2. The number of aromatic nitrogens is 2. The summed E-state index contributed by atoms with van der Waals surface area (Å²) in [5.41, 5.74) is 0. The molecule has 2 aromatic rings. The molecule has 1 N–H and O–H groups in total. The van der Waals surface area contributed by atoms with Gasteiger partial charge in [0.05, 0.1) is 4.90 Å². The van der Waals surface area contributed by atoms with E-state index in [0.29, 0.717) is 40.9 Å². The fourth-order valence-corrected chi connectivity index (χ4v) is 6.64. The molecule has 1 aliphatic rings. The van der Waals surface area contributed by atoms with E-state index >= 15 is 0 Å². The summed E-state index contributed by atoms with van der Waals surface area (Å²) in [7, 11) is -3.80. The quantitative estimate of drug-likeness (QED) is 0.427. The van der Waals surface area contributed by atoms with Gasteiger partial charge in [0, 0.05) is 5.75 Å². The van der Waals surface area contributed by atoms with E-state index < -0.39 is 20.5 Å². The molecule has 1 amide bonds. The summed E-state index contributed by atoms with van der Waals surface area (Å²) in [6.07, 6.45) is 3.79. The van der Waals surface area contributed by atoms with Crippen LogP contribution in [0.15, 0.2) is 52.2 Å². The average molecular weight is 410 g/mol. The van der Waals surface area contributed by atoms with E-state index in [4.69, 9.17) is 0 Å². The summed E-state index contributed by atoms with van der Waals surface area (Å²) in [5, 5.41) is 10.9. The number of carbonyl (C=O) groups excluding carboxylic acids is 1. The second-order valence-electron chi connectivity index (χ2n) is 5.94. The average Bonchev–Trinajstić information content (AvgIpc) is 3.31. The molecule has 0 atom stereocenters. The van der Waals surface area contributed by atoms with Crippen molar-refractivity contribution in [3.05, 3.63) is 43.0 Å². The van der Waals surface area contributed by atoms with Crippen molar-refractivity contribution in [2.75, 3.05) is 11.1 Å². The minimum atomic E-state index is -3.80. The molecule has 0 spiro atoms. The van der Waals surface area contributed by atoms with E-state index in [1.165, 1.54) is 35.2 Å². The second kappa shape index (κ2) is 7.89. The molecular weight excluding hydrogens is 390 g/mol. The van der Waals surface area contributed by atoms with Crippen LogP contribution < -0.4 is 5.32 Å². The molecule has 1 saturated carbocycles. The first kappa shape index (κ1) is 19.1. The number of benzene rings is 1. The Morgan fingerprint density at radius 2 is 1.96 bits per heavy atom. The van der Waals surface area contributed by atoms with Crippen LogP contribution in [0.4, 0.5) is 5.13 Å². The van der Waals surface area contributed by atoms with Crippen LogP contribution in [0.3, 0.4) is 0 Å². The number of rotatable bonds is 7. The smallest absolute Gasteiger partial charge is 0.248 e. The lowest BCUT2D eigenvalue weighted by Gasteiger charge is -2.27. The van der Waals surface area contributed by atoms with Crippen molar-refractivity contribution in [1.82, 2.24) is 10.2 Å². The molecule has 26 heavy (non-hydrogen) atoms. The molecule has 1 aromatic carbocycles. The van der Waals surface area contributed by atoms with Crippen LogP contribution >= 0.6 is 23.1 Å². The second-order valence-corrected chi connectivity index (χ2v) is 10.4. The third kappa shape index (κ3) is 3.56. The van der Waals surface area contributed by atoms with Crippen LogP contribution in [-0.4, -0.2) is 35.0 Å². The lowest BCUT2D eigenvalue weighted by molar-refractivity contribution is -0.118. The van der Waals surface area contributed by atoms with E-state index in [1.807, 2.05) is 0 Å². The first-order valence-electron chi connectivity index (χ1n) is 8.18. The topological polar surface area (TPSA) is 89.0 Å². The molecule has 1 aliphatic carbocycles. The van der Waals surface area contributed by atoms with Gasteiger partial charge in [-0.05, 0) is 25.0 Å². The van der Waals surface area contributed by atoms with Gasteiger partial charge in [0.1, 0.15) is 0 Å². The summed E-state index contributed by atoms with van der Waals surface area (Å²) in [4.78, 5) is 13.2. The van der Waals surface area contributed by atoms with Crippen LogP contribution in [0, 0.1) is 0 Å². The molecule has 0 radical (unpaired) electrons. The van der Waals surface area contributed by atoms with Crippen molar-refractivity contribution in [3.8, 4) is 0 Å². The van der Waals surface area contributed by atoms with E-state index in [1.54, 1.807) is 24.3 Å². The van der Waals surface area contributed by atoms with Crippen molar-refractivity contribution in [3.63, 3.8) is 0 Å². The lowest BCUT2D eigenvalue weighted by atomic mass is 10.1. The van der Waals surface area contributed by atoms with Crippen molar-refractivity contribution in [1.29, 1.82) is 0 Å². The molecule has 0 bridgehead atoms. The molecule has 3 rings (SSSR count). The van der Waals surface area contributed by atoms with Gasteiger partial charge in [-0.2, -0.15) is 0 Å². The van der Waals surface area contributed by atoms with Crippen LogP contribution in [-0.2, 0) is 14.6 Å². The van der Waals surface area contributed by atoms with Gasteiger partial charge in [-0.1, -0.05) is 60.2 Å². The van der Waals surface area contributed by atoms with Crippen LogP contribution in [0.1, 0.15) is 25.7 Å². The van der Waals surface area contributed by atoms with Gasteiger partial charge in [0.2, 0.25) is 11.0 Å². The monoisotopic (exact) mass is 409 g/mol. The molecule has 138 valence electrons. The largest absolute Gasteiger partial charge is 0.299 e. The number of sulfone groups is 1. The minimum absolute atomic E-state index is 0.177. The highest BCUT2D eigenvalue weighted by Gasteiger charge is 2.53. The van der Waals surface area contributed by atoms with Crippen molar-refractivity contribution in [2.24, 2.45) is 0 Å². The van der Waals surface area contributed by atoms with Crippen LogP contribution in [0.5, 0.6) is 0 Å². The number of anilines is 1. The summed E-state index contributed by atoms with van der Waals surface area (Å²) < 4.78 is 25.7. The zero-order valence-electron chi connectivity index (χ0n) is 14.1. The molecule has 9 heteroatoms. The third-order valence-electron chi connectivity index (χ3n) is 4.34. The summed E-state index contributed by atoms with van der Waals surface area (Å²) in [6, 6.07) is 8.17. The van der Waals surface area contributed by atoms with Gasteiger partial charge in [-0.25, -0.2) is 8.42 Å². The number of carbonyl (C=O) groups is 1. The van der Waals surface area contributed by atoms with E-state index in [2.05, 4.69) is 22.1 Å². The summed E-state index contributed by atoms with van der Waals surface area (Å²) in [5.74, 6) is 0.171. The van der Waals surface area contributed by atoms with Crippen molar-refractivity contribution >= 4 is 44.0 Å². The van der Waals surface area contributed by atoms with Crippen molar-refractivity contribution in [2.45, 2.75) is 39.7 Å².